The van der Waals surface area contributed by atoms with Crippen LogP contribution in [0.15, 0.2) is 78.9 Å². The second-order valence-electron chi connectivity index (χ2n) is 13.2. The lowest BCUT2D eigenvalue weighted by Crippen LogP contribution is -2.36. The third-order valence-corrected chi connectivity index (χ3v) is 9.75. The van der Waals surface area contributed by atoms with Crippen LogP contribution in [-0.2, 0) is 34.1 Å². The van der Waals surface area contributed by atoms with Gasteiger partial charge in [0.15, 0.2) is 5.60 Å². The van der Waals surface area contributed by atoms with E-state index in [1.54, 1.807) is 0 Å². The molecule has 1 amide bonds. The average Bonchev–Trinajstić information content (AvgIpc) is 3.30. The van der Waals surface area contributed by atoms with Crippen molar-refractivity contribution in [2.24, 2.45) is 5.73 Å². The lowest BCUT2D eigenvalue weighted by atomic mass is 9.79. The summed E-state index contributed by atoms with van der Waals surface area (Å²) < 4.78 is 23.0. The fourth-order valence-electron chi connectivity index (χ4n) is 6.68. The number of benzene rings is 3. The first-order valence-electron chi connectivity index (χ1n) is 18.9. The zero-order valence-corrected chi connectivity index (χ0v) is 30.9. The molecule has 4 rings (SSSR count). The number of halogens is 1. The molecular weight excluding hydrogens is 664 g/mol. The second-order valence-corrected chi connectivity index (χ2v) is 13.6. The third kappa shape index (κ3) is 13.3. The predicted octanol–water partition coefficient (Wildman–Crippen LogP) is 8.08. The highest BCUT2D eigenvalue weighted by Gasteiger charge is 2.42. The molecule has 0 heterocycles. The van der Waals surface area contributed by atoms with Gasteiger partial charge in [-0.1, -0.05) is 123 Å². The number of esters is 1. The Labute approximate surface area is 309 Å². The molecule has 0 bridgehead atoms. The molecule has 1 unspecified atom stereocenters. The smallest absolute Gasteiger partial charge is 0.307 e. The highest BCUT2D eigenvalue weighted by Crippen LogP contribution is 2.44. The minimum atomic E-state index is -1.30. The molecule has 0 aliphatic heterocycles. The van der Waals surface area contributed by atoms with Gasteiger partial charge in [0.05, 0.1) is 32.8 Å². The number of carbonyl (C=O) groups excluding carboxylic acids is 2. The van der Waals surface area contributed by atoms with E-state index < -0.39 is 11.6 Å². The van der Waals surface area contributed by atoms with E-state index in [1.807, 2.05) is 54.6 Å². The van der Waals surface area contributed by atoms with Gasteiger partial charge in [0.1, 0.15) is 0 Å². The Morgan fingerprint density at radius 3 is 1.90 bits per heavy atom. The zero-order chi connectivity index (χ0) is 36.0. The average molecular weight is 721 g/mol. The van der Waals surface area contributed by atoms with Crippen LogP contribution >= 0.6 is 11.6 Å². The van der Waals surface area contributed by atoms with E-state index in [-0.39, 0.29) is 18.7 Å². The summed E-state index contributed by atoms with van der Waals surface area (Å²) in [6, 6.07) is 25.8. The molecule has 3 N–H and O–H groups in total. The van der Waals surface area contributed by atoms with Crippen LogP contribution in [0, 0.1) is 0 Å². The van der Waals surface area contributed by atoms with E-state index in [0.717, 1.165) is 17.5 Å². The van der Waals surface area contributed by atoms with Gasteiger partial charge in [0.2, 0.25) is 5.91 Å². The normalized spacial score (nSPS) is 15.3. The minimum Gasteiger partial charge on any atom is -0.444 e. The fourth-order valence-corrected chi connectivity index (χ4v) is 6.95. The molecule has 1 aliphatic rings. The maximum absolute atomic E-state index is 13.7. The van der Waals surface area contributed by atoms with E-state index in [2.05, 4.69) is 29.6 Å². The quantitative estimate of drug-likeness (QED) is 0.0651. The fraction of sp³-hybridized carbons (Fsp3) is 0.524. The van der Waals surface area contributed by atoms with Crippen LogP contribution in [0.5, 0.6) is 0 Å². The molecule has 0 radical (unpaired) electrons. The van der Waals surface area contributed by atoms with Crippen molar-refractivity contribution in [2.45, 2.75) is 88.6 Å². The van der Waals surface area contributed by atoms with E-state index >= 15 is 0 Å². The summed E-state index contributed by atoms with van der Waals surface area (Å²) >= 11 is 6.89. The van der Waals surface area contributed by atoms with E-state index in [1.165, 1.54) is 56.9 Å². The van der Waals surface area contributed by atoms with Crippen molar-refractivity contribution in [2.75, 3.05) is 52.7 Å². The molecule has 0 spiro atoms. The number of amides is 1. The van der Waals surface area contributed by atoms with Crippen LogP contribution in [0.2, 0.25) is 5.02 Å². The molecule has 1 saturated carbocycles. The Hall–Kier alpha value is -3.27. The highest BCUT2D eigenvalue weighted by atomic mass is 35.5. The summed E-state index contributed by atoms with van der Waals surface area (Å²) in [5, 5.41) is 3.38. The van der Waals surface area contributed by atoms with Crippen molar-refractivity contribution in [3.05, 3.63) is 106 Å². The summed E-state index contributed by atoms with van der Waals surface area (Å²) in [6.07, 6.45) is 11.6. The van der Waals surface area contributed by atoms with Crippen molar-refractivity contribution in [1.29, 1.82) is 0 Å². The van der Waals surface area contributed by atoms with Crippen molar-refractivity contribution in [1.82, 2.24) is 5.32 Å². The second kappa shape index (κ2) is 23.3. The van der Waals surface area contributed by atoms with Crippen LogP contribution in [-0.4, -0.2) is 64.6 Å². The van der Waals surface area contributed by atoms with Gasteiger partial charge in [0.25, 0.3) is 0 Å². The molecule has 0 saturated heterocycles. The number of nitrogens with one attached hydrogen (secondary N) is 1. The van der Waals surface area contributed by atoms with E-state index in [9.17, 15) is 9.59 Å². The summed E-state index contributed by atoms with van der Waals surface area (Å²) in [5.74, 6) is -0.179. The summed E-state index contributed by atoms with van der Waals surface area (Å²) in [7, 11) is 0. The van der Waals surface area contributed by atoms with Gasteiger partial charge < -0.3 is 30.0 Å². The van der Waals surface area contributed by atoms with Crippen LogP contribution in [0.3, 0.4) is 0 Å². The van der Waals surface area contributed by atoms with Crippen LogP contribution in [0.1, 0.15) is 105 Å². The number of nitrogens with two attached hydrogens (primary N) is 1. The maximum atomic E-state index is 13.7. The monoisotopic (exact) mass is 720 g/mol. The van der Waals surface area contributed by atoms with Crippen LogP contribution < -0.4 is 11.1 Å². The minimum absolute atomic E-state index is 0.00882. The number of rotatable bonds is 21. The first-order valence-corrected chi connectivity index (χ1v) is 19.2. The molecule has 3 aromatic carbocycles. The van der Waals surface area contributed by atoms with Gasteiger partial charge in [-0.05, 0) is 49.8 Å². The van der Waals surface area contributed by atoms with Gasteiger partial charge in [0, 0.05) is 47.9 Å². The molecule has 9 heteroatoms. The zero-order valence-electron chi connectivity index (χ0n) is 30.1. The topological polar surface area (TPSA) is 109 Å². The molecule has 278 valence electrons. The van der Waals surface area contributed by atoms with Gasteiger partial charge in [-0.2, -0.15) is 0 Å². The molecule has 1 atom stereocenters. The first kappa shape index (κ1) is 40.5. The van der Waals surface area contributed by atoms with Gasteiger partial charge in [-0.15, -0.1) is 0 Å². The summed E-state index contributed by atoms with van der Waals surface area (Å²) in [5.41, 5.74) is 7.73. The molecule has 8 nitrogen and oxygen atoms in total. The van der Waals surface area contributed by atoms with Gasteiger partial charge in [-0.25, -0.2) is 0 Å². The Morgan fingerprint density at radius 2 is 1.25 bits per heavy atom. The lowest BCUT2D eigenvalue weighted by Gasteiger charge is -2.36. The maximum Gasteiger partial charge on any atom is 0.307 e. The summed E-state index contributed by atoms with van der Waals surface area (Å²) in [6.45, 7) is 4.23. The Kier molecular flexibility index (Phi) is 18.5. The number of hydrogen-bond donors (Lipinski definition) is 2. The molecule has 51 heavy (non-hydrogen) atoms. The van der Waals surface area contributed by atoms with Crippen molar-refractivity contribution < 1.29 is 28.5 Å². The predicted molar refractivity (Wildman–Crippen MR) is 203 cm³/mol. The molecule has 3 aromatic rings. The molecule has 1 aliphatic carbocycles. The van der Waals surface area contributed by atoms with Crippen LogP contribution in [0.25, 0.3) is 0 Å². The lowest BCUT2D eigenvalue weighted by molar-refractivity contribution is -0.154. The van der Waals surface area contributed by atoms with Gasteiger partial charge >= 0.3 is 5.97 Å². The van der Waals surface area contributed by atoms with E-state index in [0.29, 0.717) is 75.7 Å². The van der Waals surface area contributed by atoms with Crippen molar-refractivity contribution in [3.8, 4) is 0 Å². The van der Waals surface area contributed by atoms with Crippen molar-refractivity contribution >= 4 is 23.5 Å². The van der Waals surface area contributed by atoms with Gasteiger partial charge in [-0.3, -0.25) is 9.59 Å². The number of hydrogen-bond acceptors (Lipinski definition) is 7. The number of ether oxygens (including phenoxy) is 4. The Morgan fingerprint density at radius 1 is 0.686 bits per heavy atom. The highest BCUT2D eigenvalue weighted by molar-refractivity contribution is 6.31. The molecular formula is C42H57ClN2O6. The standard InChI is InChI=1S/C42H57ClN2O6/c43-39-19-11-10-18-38(39)42(36-16-8-5-9-17-36,37-22-20-35(21-23-37)34-14-6-3-1-2-4-7-15-34)51-41(47)25-24-40(46)45-27-13-29-49-31-33-50-32-30-48-28-12-26-44/h5,8-11,16-23,34H,1-4,6-7,12-15,24-33,44H2,(H,45,46). The molecule has 1 fully saturated rings. The Bertz CT molecular complexity index is 1410. The third-order valence-electron chi connectivity index (χ3n) is 9.42. The Balaban J connectivity index is 1.36. The summed E-state index contributed by atoms with van der Waals surface area (Å²) in [4.78, 5) is 26.4. The van der Waals surface area contributed by atoms with Crippen molar-refractivity contribution in [3.63, 3.8) is 0 Å². The SMILES string of the molecule is NCCCOCCOCCOCCCNC(=O)CCC(=O)OC(c1ccccc1)(c1ccc(C2CCCCCCCC2)cc1)c1ccccc1Cl. The van der Waals surface area contributed by atoms with E-state index in [4.69, 9.17) is 36.3 Å². The van der Waals surface area contributed by atoms with Crippen LogP contribution in [0.4, 0.5) is 0 Å². The largest absolute Gasteiger partial charge is 0.444 e. The first-order chi connectivity index (χ1) is 25.0. The molecule has 0 aromatic heterocycles. The number of carbonyl (C=O) groups is 2.